The molecule has 1 aliphatic heterocycles. The van der Waals surface area contributed by atoms with Crippen LogP contribution in [0.25, 0.3) is 0 Å². The summed E-state index contributed by atoms with van der Waals surface area (Å²) in [7, 11) is 0. The van der Waals surface area contributed by atoms with E-state index in [1.54, 1.807) is 0 Å². The zero-order valence-corrected chi connectivity index (χ0v) is 9.06. The number of halogens is 1. The number of hydrogen-bond acceptors (Lipinski definition) is 6. The Bertz CT molecular complexity index is 541. The van der Waals surface area contributed by atoms with E-state index in [1.807, 2.05) is 4.98 Å². The van der Waals surface area contributed by atoms with Crippen LogP contribution in [0.2, 0.25) is 0 Å². The van der Waals surface area contributed by atoms with Gasteiger partial charge in [0.05, 0.1) is 0 Å². The van der Waals surface area contributed by atoms with Crippen molar-refractivity contribution in [3.8, 4) is 0 Å². The first-order valence-electron chi connectivity index (χ1n) is 5.14. The largest absolute Gasteiger partial charge is 0.387 e. The van der Waals surface area contributed by atoms with Crippen LogP contribution in [0.5, 0.6) is 0 Å². The van der Waals surface area contributed by atoms with E-state index in [0.29, 0.717) is 0 Å². The number of ether oxygens (including phenoxy) is 1. The third kappa shape index (κ3) is 2.08. The van der Waals surface area contributed by atoms with Crippen LogP contribution in [0.3, 0.4) is 0 Å². The zero-order chi connectivity index (χ0) is 13.4. The first-order chi connectivity index (χ1) is 8.41. The lowest BCUT2D eigenvalue weighted by Crippen LogP contribution is -2.42. The molecule has 8 nitrogen and oxygen atoms in total. The number of aromatic amines is 1. The van der Waals surface area contributed by atoms with Crippen molar-refractivity contribution in [3.05, 3.63) is 33.1 Å². The maximum absolute atomic E-state index is 13.8. The predicted octanol–water partition coefficient (Wildman–Crippen LogP) is -2.59. The average molecular weight is 261 g/mol. The number of H-pyrrole nitrogens is 1. The van der Waals surface area contributed by atoms with Crippen LogP contribution in [0, 0.1) is 0 Å². The summed E-state index contributed by atoms with van der Waals surface area (Å²) in [5.74, 6) is 0. The number of hydrogen-bond donors (Lipinski definition) is 4. The summed E-state index contributed by atoms with van der Waals surface area (Å²) >= 11 is 0. The summed E-state index contributed by atoms with van der Waals surface area (Å²) in [6.07, 6.45) is -6.94. The molecule has 5 atom stereocenters. The minimum Gasteiger partial charge on any atom is -0.387 e. The van der Waals surface area contributed by atoms with E-state index in [-0.39, 0.29) is 0 Å². The van der Waals surface area contributed by atoms with Crippen molar-refractivity contribution >= 4 is 0 Å². The van der Waals surface area contributed by atoms with Crippen LogP contribution in [0.1, 0.15) is 6.23 Å². The number of aliphatic hydroxyl groups is 2. The monoisotopic (exact) mass is 261 g/mol. The summed E-state index contributed by atoms with van der Waals surface area (Å²) < 4.78 is 19.5. The van der Waals surface area contributed by atoms with Crippen LogP contribution in [0.15, 0.2) is 21.9 Å². The van der Waals surface area contributed by atoms with Crippen molar-refractivity contribution in [1.82, 2.24) is 9.55 Å². The fraction of sp³-hybridized carbons (Fsp3) is 0.556. The molecule has 0 amide bonds. The molecule has 2 heterocycles. The normalized spacial score (nSPS) is 33.6. The molecule has 0 spiro atoms. The standard InChI is InChI=1S/C9H12FN3O5/c10-4-5(15)6(7(11)16)18-8(4)13-2-1-3(14)12-9(13)17/h1-2,4-8,15-16H,11H2,(H,12,14,17)/t4-,5+,6+,7?,8-/m1/s1. The Morgan fingerprint density at radius 3 is 2.72 bits per heavy atom. The highest BCUT2D eigenvalue weighted by molar-refractivity contribution is 4.94. The average Bonchev–Trinajstić information content (AvgIpc) is 2.57. The summed E-state index contributed by atoms with van der Waals surface area (Å²) in [5.41, 5.74) is 3.59. The molecular formula is C9H12FN3O5. The zero-order valence-electron chi connectivity index (χ0n) is 9.06. The Hall–Kier alpha value is -1.55. The number of nitrogens with one attached hydrogen (secondary N) is 1. The van der Waals surface area contributed by atoms with Crippen molar-refractivity contribution in [1.29, 1.82) is 0 Å². The summed E-state index contributed by atoms with van der Waals surface area (Å²) in [4.78, 5) is 24.2. The van der Waals surface area contributed by atoms with Gasteiger partial charge in [-0.05, 0) is 0 Å². The SMILES string of the molecule is NC(O)[C@H]1O[C@@H](n2ccc(=O)[nH]c2=O)[C@H](F)[C@@H]1O. The van der Waals surface area contributed by atoms with E-state index in [1.165, 1.54) is 0 Å². The number of nitrogens with zero attached hydrogens (tertiary/aromatic N) is 1. The first kappa shape index (κ1) is 12.9. The van der Waals surface area contributed by atoms with Gasteiger partial charge in [-0.25, -0.2) is 9.18 Å². The van der Waals surface area contributed by atoms with Crippen molar-refractivity contribution in [2.24, 2.45) is 5.73 Å². The van der Waals surface area contributed by atoms with E-state index >= 15 is 0 Å². The number of alkyl halides is 1. The first-order valence-corrected chi connectivity index (χ1v) is 5.14. The third-order valence-corrected chi connectivity index (χ3v) is 2.69. The van der Waals surface area contributed by atoms with Crippen LogP contribution >= 0.6 is 0 Å². The van der Waals surface area contributed by atoms with Gasteiger partial charge in [0, 0.05) is 12.3 Å². The Labute approximate surface area is 99.4 Å². The summed E-state index contributed by atoms with van der Waals surface area (Å²) in [6, 6.07) is 1.01. The van der Waals surface area contributed by atoms with E-state index in [2.05, 4.69) is 0 Å². The molecule has 1 aromatic heterocycles. The van der Waals surface area contributed by atoms with Crippen LogP contribution in [-0.2, 0) is 4.74 Å². The molecule has 1 aromatic rings. The third-order valence-electron chi connectivity index (χ3n) is 2.69. The Morgan fingerprint density at radius 1 is 1.56 bits per heavy atom. The molecule has 0 saturated carbocycles. The second kappa shape index (κ2) is 4.61. The van der Waals surface area contributed by atoms with Gasteiger partial charge in [-0.3, -0.25) is 14.3 Å². The van der Waals surface area contributed by atoms with Gasteiger partial charge in [-0.15, -0.1) is 0 Å². The highest BCUT2D eigenvalue weighted by Gasteiger charge is 2.47. The second-order valence-electron chi connectivity index (χ2n) is 3.93. The molecular weight excluding hydrogens is 249 g/mol. The van der Waals surface area contributed by atoms with E-state index < -0.39 is 42.1 Å². The number of nitrogens with two attached hydrogens (primary N) is 1. The molecule has 1 unspecified atom stereocenters. The maximum atomic E-state index is 13.8. The molecule has 0 radical (unpaired) electrons. The van der Waals surface area contributed by atoms with Crippen LogP contribution in [-0.4, -0.2) is 44.4 Å². The lowest BCUT2D eigenvalue weighted by Gasteiger charge is -2.17. The lowest BCUT2D eigenvalue weighted by molar-refractivity contribution is -0.0821. The Morgan fingerprint density at radius 2 is 2.22 bits per heavy atom. The molecule has 1 fully saturated rings. The number of rotatable bonds is 2. The van der Waals surface area contributed by atoms with Crippen molar-refractivity contribution in [2.45, 2.75) is 30.8 Å². The molecule has 5 N–H and O–H groups in total. The number of aromatic nitrogens is 2. The highest BCUT2D eigenvalue weighted by Crippen LogP contribution is 2.31. The van der Waals surface area contributed by atoms with Crippen LogP contribution in [0.4, 0.5) is 4.39 Å². The topological polar surface area (TPSA) is 131 Å². The summed E-state index contributed by atoms with van der Waals surface area (Å²) in [6.45, 7) is 0. The van der Waals surface area contributed by atoms with Crippen molar-refractivity contribution in [2.75, 3.05) is 0 Å². The second-order valence-corrected chi connectivity index (χ2v) is 3.93. The molecule has 1 aliphatic rings. The van der Waals surface area contributed by atoms with Gasteiger partial charge in [0.15, 0.2) is 12.4 Å². The van der Waals surface area contributed by atoms with Gasteiger partial charge in [-0.2, -0.15) is 0 Å². The van der Waals surface area contributed by atoms with Crippen LogP contribution < -0.4 is 17.0 Å². The van der Waals surface area contributed by atoms with Gasteiger partial charge < -0.3 is 20.7 Å². The molecule has 1 saturated heterocycles. The molecule has 0 aliphatic carbocycles. The van der Waals surface area contributed by atoms with Crippen molar-refractivity contribution < 1.29 is 19.3 Å². The fourth-order valence-corrected chi connectivity index (χ4v) is 1.80. The van der Waals surface area contributed by atoms with Gasteiger partial charge >= 0.3 is 5.69 Å². The Kier molecular flexibility index (Phi) is 3.30. The molecule has 100 valence electrons. The van der Waals surface area contributed by atoms with E-state index in [9.17, 15) is 19.1 Å². The minimum atomic E-state index is -1.95. The molecule has 2 rings (SSSR count). The minimum absolute atomic E-state index is 0.638. The Balaban J connectivity index is 2.35. The lowest BCUT2D eigenvalue weighted by atomic mass is 10.1. The van der Waals surface area contributed by atoms with Crippen molar-refractivity contribution in [3.63, 3.8) is 0 Å². The quantitative estimate of drug-likeness (QED) is 0.432. The summed E-state index contributed by atoms with van der Waals surface area (Å²) in [5, 5.41) is 18.6. The molecule has 0 bridgehead atoms. The van der Waals surface area contributed by atoms with Gasteiger partial charge in [0.2, 0.25) is 0 Å². The van der Waals surface area contributed by atoms with Gasteiger partial charge in [0.1, 0.15) is 18.4 Å². The van der Waals surface area contributed by atoms with E-state index in [0.717, 1.165) is 16.8 Å². The maximum Gasteiger partial charge on any atom is 0.330 e. The number of aliphatic hydroxyl groups excluding tert-OH is 2. The van der Waals surface area contributed by atoms with Gasteiger partial charge in [-0.1, -0.05) is 0 Å². The van der Waals surface area contributed by atoms with E-state index in [4.69, 9.17) is 15.6 Å². The highest BCUT2D eigenvalue weighted by atomic mass is 19.1. The molecule has 18 heavy (non-hydrogen) atoms. The molecule has 9 heteroatoms. The smallest absolute Gasteiger partial charge is 0.330 e. The van der Waals surface area contributed by atoms with Gasteiger partial charge in [0.25, 0.3) is 5.56 Å². The fourth-order valence-electron chi connectivity index (χ4n) is 1.80. The predicted molar refractivity (Wildman–Crippen MR) is 56.3 cm³/mol. The molecule has 0 aromatic carbocycles.